The van der Waals surface area contributed by atoms with Gasteiger partial charge in [-0.2, -0.15) is 0 Å². The summed E-state index contributed by atoms with van der Waals surface area (Å²) >= 11 is 0. The average molecular weight is 208 g/mol. The van der Waals surface area contributed by atoms with Crippen LogP contribution in [0.15, 0.2) is 18.2 Å². The standard InChI is InChI=1S/C11H13FN2O/c1-8-4-2-5-9(12)10(8)13-11(15)14-6-3-7-14/h2,4-5H,3,6-7H2,1H3,(H,13,15). The van der Waals surface area contributed by atoms with Gasteiger partial charge in [0.2, 0.25) is 0 Å². The molecular weight excluding hydrogens is 195 g/mol. The predicted octanol–water partition coefficient (Wildman–Crippen LogP) is 2.37. The number of halogens is 1. The first-order valence-corrected chi connectivity index (χ1v) is 4.99. The van der Waals surface area contributed by atoms with Crippen LogP contribution in [-0.2, 0) is 0 Å². The van der Waals surface area contributed by atoms with Gasteiger partial charge in [-0.3, -0.25) is 0 Å². The fourth-order valence-electron chi connectivity index (χ4n) is 1.50. The molecule has 0 atom stereocenters. The van der Waals surface area contributed by atoms with Gasteiger partial charge in [-0.05, 0) is 25.0 Å². The maximum absolute atomic E-state index is 13.4. The normalized spacial score (nSPS) is 14.7. The van der Waals surface area contributed by atoms with Gasteiger partial charge in [0.05, 0.1) is 5.69 Å². The summed E-state index contributed by atoms with van der Waals surface area (Å²) in [6.07, 6.45) is 1.03. The number of amides is 2. The molecule has 1 aliphatic rings. The summed E-state index contributed by atoms with van der Waals surface area (Å²) < 4.78 is 13.4. The van der Waals surface area contributed by atoms with Crippen LogP contribution in [0, 0.1) is 12.7 Å². The first-order valence-electron chi connectivity index (χ1n) is 4.99. The molecule has 1 aliphatic heterocycles. The molecule has 1 N–H and O–H groups in total. The lowest BCUT2D eigenvalue weighted by atomic mass is 10.2. The van der Waals surface area contributed by atoms with Gasteiger partial charge in [0.15, 0.2) is 0 Å². The first kappa shape index (κ1) is 9.96. The zero-order chi connectivity index (χ0) is 10.8. The average Bonchev–Trinajstić information content (AvgIpc) is 2.08. The molecule has 15 heavy (non-hydrogen) atoms. The van der Waals surface area contributed by atoms with Crippen molar-refractivity contribution in [2.24, 2.45) is 0 Å². The number of nitrogens with zero attached hydrogens (tertiary/aromatic N) is 1. The number of carbonyl (C=O) groups excluding carboxylic acids is 1. The lowest BCUT2D eigenvalue weighted by molar-refractivity contribution is 0.181. The van der Waals surface area contributed by atoms with Crippen molar-refractivity contribution in [1.82, 2.24) is 4.90 Å². The number of aryl methyl sites for hydroxylation is 1. The number of anilines is 1. The highest BCUT2D eigenvalue weighted by Gasteiger charge is 2.21. The Morgan fingerprint density at radius 1 is 1.47 bits per heavy atom. The van der Waals surface area contributed by atoms with Gasteiger partial charge in [0.1, 0.15) is 5.82 Å². The number of rotatable bonds is 1. The summed E-state index contributed by atoms with van der Waals surface area (Å²) in [5, 5.41) is 2.59. The lowest BCUT2D eigenvalue weighted by Crippen LogP contribution is -2.44. The van der Waals surface area contributed by atoms with Crippen LogP contribution in [0.25, 0.3) is 0 Å². The second-order valence-corrected chi connectivity index (χ2v) is 3.70. The Hall–Kier alpha value is -1.58. The van der Waals surface area contributed by atoms with Crippen molar-refractivity contribution in [2.75, 3.05) is 18.4 Å². The molecule has 2 amide bonds. The first-order chi connectivity index (χ1) is 7.18. The topological polar surface area (TPSA) is 32.3 Å². The van der Waals surface area contributed by atoms with E-state index in [0.29, 0.717) is 0 Å². The molecule has 80 valence electrons. The highest BCUT2D eigenvalue weighted by molar-refractivity contribution is 5.90. The van der Waals surface area contributed by atoms with Crippen LogP contribution >= 0.6 is 0 Å². The molecule has 1 saturated heterocycles. The minimum absolute atomic E-state index is 0.213. The smallest absolute Gasteiger partial charge is 0.321 e. The minimum atomic E-state index is -0.385. The molecule has 0 aliphatic carbocycles. The van der Waals surface area contributed by atoms with Crippen molar-refractivity contribution in [3.05, 3.63) is 29.6 Å². The van der Waals surface area contributed by atoms with Gasteiger partial charge in [-0.15, -0.1) is 0 Å². The summed E-state index contributed by atoms with van der Waals surface area (Å²) in [6, 6.07) is 4.53. The highest BCUT2D eigenvalue weighted by atomic mass is 19.1. The van der Waals surface area contributed by atoms with E-state index in [0.717, 1.165) is 25.1 Å². The van der Waals surface area contributed by atoms with E-state index in [1.807, 2.05) is 0 Å². The Balaban J connectivity index is 2.12. The molecule has 3 nitrogen and oxygen atoms in total. The van der Waals surface area contributed by atoms with E-state index in [2.05, 4.69) is 5.32 Å². The van der Waals surface area contributed by atoms with E-state index < -0.39 is 0 Å². The number of nitrogens with one attached hydrogen (secondary N) is 1. The highest BCUT2D eigenvalue weighted by Crippen LogP contribution is 2.20. The molecule has 4 heteroatoms. The van der Waals surface area contributed by atoms with Gasteiger partial charge in [-0.1, -0.05) is 12.1 Å². The van der Waals surface area contributed by atoms with Gasteiger partial charge in [-0.25, -0.2) is 9.18 Å². The van der Waals surface area contributed by atoms with E-state index in [-0.39, 0.29) is 17.5 Å². The number of benzene rings is 1. The summed E-state index contributed by atoms with van der Waals surface area (Å²) in [5.41, 5.74) is 1.03. The van der Waals surface area contributed by atoms with Crippen LogP contribution in [0.3, 0.4) is 0 Å². The monoisotopic (exact) mass is 208 g/mol. The van der Waals surface area contributed by atoms with Crippen LogP contribution in [0.2, 0.25) is 0 Å². The predicted molar refractivity (Wildman–Crippen MR) is 56.3 cm³/mol. The Kier molecular flexibility index (Phi) is 2.58. The number of urea groups is 1. The van der Waals surface area contributed by atoms with Crippen LogP contribution in [0.5, 0.6) is 0 Å². The van der Waals surface area contributed by atoms with Crippen molar-refractivity contribution in [3.8, 4) is 0 Å². The third kappa shape index (κ3) is 1.93. The summed E-state index contributed by atoms with van der Waals surface area (Å²) in [7, 11) is 0. The Labute approximate surface area is 87.9 Å². The zero-order valence-electron chi connectivity index (χ0n) is 8.59. The second-order valence-electron chi connectivity index (χ2n) is 3.70. The van der Waals surface area contributed by atoms with Crippen molar-refractivity contribution < 1.29 is 9.18 Å². The molecule has 1 fully saturated rings. The third-order valence-corrected chi connectivity index (χ3v) is 2.60. The van der Waals surface area contributed by atoms with E-state index in [9.17, 15) is 9.18 Å². The molecule has 0 spiro atoms. The molecule has 2 rings (SSSR count). The second kappa shape index (κ2) is 3.88. The summed E-state index contributed by atoms with van der Waals surface area (Å²) in [6.45, 7) is 3.30. The van der Waals surface area contributed by atoms with Crippen molar-refractivity contribution in [3.63, 3.8) is 0 Å². The Morgan fingerprint density at radius 2 is 2.20 bits per heavy atom. The molecule has 0 saturated carbocycles. The number of likely N-dealkylation sites (tertiary alicyclic amines) is 1. The van der Waals surface area contributed by atoms with Gasteiger partial charge in [0, 0.05) is 13.1 Å². The van der Waals surface area contributed by atoms with E-state index >= 15 is 0 Å². The quantitative estimate of drug-likeness (QED) is 0.755. The van der Waals surface area contributed by atoms with Crippen LogP contribution in [0.4, 0.5) is 14.9 Å². The molecule has 1 aromatic rings. The van der Waals surface area contributed by atoms with E-state index in [4.69, 9.17) is 0 Å². The molecule has 0 unspecified atom stereocenters. The molecule has 1 heterocycles. The largest absolute Gasteiger partial charge is 0.324 e. The fourth-order valence-corrected chi connectivity index (χ4v) is 1.50. The number of hydrogen-bond acceptors (Lipinski definition) is 1. The molecule has 0 aromatic heterocycles. The van der Waals surface area contributed by atoms with E-state index in [1.54, 1.807) is 24.0 Å². The molecule has 0 radical (unpaired) electrons. The molecule has 0 bridgehead atoms. The lowest BCUT2D eigenvalue weighted by Gasteiger charge is -2.31. The van der Waals surface area contributed by atoms with Gasteiger partial charge >= 0.3 is 6.03 Å². The van der Waals surface area contributed by atoms with Crippen molar-refractivity contribution in [2.45, 2.75) is 13.3 Å². The van der Waals surface area contributed by atoms with Crippen LogP contribution in [0.1, 0.15) is 12.0 Å². The molecular formula is C11H13FN2O. The molecule has 1 aromatic carbocycles. The number of hydrogen-bond donors (Lipinski definition) is 1. The Bertz CT molecular complexity index is 368. The fraction of sp³-hybridized carbons (Fsp3) is 0.364. The summed E-state index contributed by atoms with van der Waals surface area (Å²) in [5.74, 6) is -0.385. The van der Waals surface area contributed by atoms with Crippen LogP contribution in [-0.4, -0.2) is 24.0 Å². The Morgan fingerprint density at radius 3 is 2.73 bits per heavy atom. The van der Waals surface area contributed by atoms with Gasteiger partial charge in [0.25, 0.3) is 0 Å². The third-order valence-electron chi connectivity index (χ3n) is 2.60. The maximum atomic E-state index is 13.4. The van der Waals surface area contributed by atoms with Gasteiger partial charge < -0.3 is 10.2 Å². The van der Waals surface area contributed by atoms with E-state index in [1.165, 1.54) is 6.07 Å². The SMILES string of the molecule is Cc1cccc(F)c1NC(=O)N1CCC1. The zero-order valence-corrected chi connectivity index (χ0v) is 8.59. The van der Waals surface area contributed by atoms with Crippen LogP contribution < -0.4 is 5.32 Å². The minimum Gasteiger partial charge on any atom is -0.324 e. The van der Waals surface area contributed by atoms with Crippen molar-refractivity contribution in [1.29, 1.82) is 0 Å². The summed E-state index contributed by atoms with van der Waals surface area (Å²) in [4.78, 5) is 13.2. The maximum Gasteiger partial charge on any atom is 0.321 e. The number of carbonyl (C=O) groups is 1. The number of para-hydroxylation sites is 1. The van der Waals surface area contributed by atoms with Crippen molar-refractivity contribution >= 4 is 11.7 Å².